The van der Waals surface area contributed by atoms with Crippen LogP contribution in [0.4, 0.5) is 0 Å². The summed E-state index contributed by atoms with van der Waals surface area (Å²) in [6.45, 7) is 13.4. The molecule has 0 aromatic rings. The van der Waals surface area contributed by atoms with E-state index in [2.05, 4.69) is 34.6 Å². The van der Waals surface area contributed by atoms with E-state index in [0.29, 0.717) is 11.8 Å². The largest absolute Gasteiger partial charge is 0.368 e. The highest BCUT2D eigenvalue weighted by Crippen LogP contribution is 2.33. The van der Waals surface area contributed by atoms with Gasteiger partial charge in [0.15, 0.2) is 0 Å². The lowest BCUT2D eigenvalue weighted by Gasteiger charge is -2.27. The van der Waals surface area contributed by atoms with Crippen molar-refractivity contribution in [2.45, 2.75) is 176 Å². The highest BCUT2D eigenvalue weighted by Gasteiger charge is 2.19. The van der Waals surface area contributed by atoms with Crippen molar-refractivity contribution in [3.63, 3.8) is 0 Å². The zero-order valence-corrected chi connectivity index (χ0v) is 24.2. The van der Waals surface area contributed by atoms with Gasteiger partial charge in [0.1, 0.15) is 0 Å². The Hall–Kier alpha value is -0.570. The number of hydrogen-bond donors (Lipinski definition) is 0. The molecule has 0 saturated carbocycles. The predicted molar refractivity (Wildman–Crippen MR) is 150 cm³/mol. The SMILES string of the molecule is CCCCCCCCN(CCCCCCCC)OC(=O)CCCCCCCC(C)(CC)CCC. The molecule has 0 bridgehead atoms. The van der Waals surface area contributed by atoms with E-state index < -0.39 is 0 Å². The van der Waals surface area contributed by atoms with Gasteiger partial charge in [-0.25, -0.2) is 0 Å². The van der Waals surface area contributed by atoms with Crippen molar-refractivity contribution >= 4 is 5.97 Å². The molecular formula is C31H63NO2. The molecule has 1 atom stereocenters. The second kappa shape index (κ2) is 24.1. The summed E-state index contributed by atoms with van der Waals surface area (Å²) in [6.07, 6.45) is 27.2. The van der Waals surface area contributed by atoms with Crippen LogP contribution in [0.15, 0.2) is 0 Å². The van der Waals surface area contributed by atoms with Gasteiger partial charge in [-0.3, -0.25) is 4.79 Å². The standard InChI is InChI=1S/C31H63NO2/c1-6-10-12-14-19-23-28-32(29-24-20-15-13-11-7-2)34-30(33)25-21-17-16-18-22-27-31(5,9-4)26-8-3/h6-29H2,1-5H3. The smallest absolute Gasteiger partial charge is 0.325 e. The molecule has 0 saturated heterocycles. The third-order valence-corrected chi connectivity index (χ3v) is 7.62. The van der Waals surface area contributed by atoms with Gasteiger partial charge in [0.05, 0.1) is 0 Å². The first-order valence-corrected chi connectivity index (χ1v) is 15.5. The van der Waals surface area contributed by atoms with Gasteiger partial charge in [-0.15, -0.1) is 5.06 Å². The molecule has 0 fully saturated rings. The van der Waals surface area contributed by atoms with Gasteiger partial charge in [0.2, 0.25) is 0 Å². The highest BCUT2D eigenvalue weighted by atomic mass is 16.7. The van der Waals surface area contributed by atoms with E-state index in [9.17, 15) is 4.79 Å². The van der Waals surface area contributed by atoms with Gasteiger partial charge >= 0.3 is 5.97 Å². The fourth-order valence-electron chi connectivity index (χ4n) is 4.96. The summed E-state index contributed by atoms with van der Waals surface area (Å²) in [7, 11) is 0. The van der Waals surface area contributed by atoms with E-state index in [-0.39, 0.29) is 5.97 Å². The lowest BCUT2D eigenvalue weighted by Crippen LogP contribution is -2.29. The number of rotatable bonds is 26. The van der Waals surface area contributed by atoms with Gasteiger partial charge in [0, 0.05) is 19.5 Å². The first-order chi connectivity index (χ1) is 16.5. The van der Waals surface area contributed by atoms with Crippen LogP contribution in [0.25, 0.3) is 0 Å². The fraction of sp³-hybridized carbons (Fsp3) is 0.968. The van der Waals surface area contributed by atoms with E-state index in [0.717, 1.165) is 38.8 Å². The van der Waals surface area contributed by atoms with E-state index in [1.54, 1.807) is 0 Å². The molecule has 0 aliphatic heterocycles. The average molecular weight is 482 g/mol. The Morgan fingerprint density at radius 3 is 1.56 bits per heavy atom. The van der Waals surface area contributed by atoms with Crippen molar-refractivity contribution in [3.05, 3.63) is 0 Å². The van der Waals surface area contributed by atoms with Gasteiger partial charge < -0.3 is 4.84 Å². The van der Waals surface area contributed by atoms with Crippen LogP contribution in [0.5, 0.6) is 0 Å². The summed E-state index contributed by atoms with van der Waals surface area (Å²) in [5.41, 5.74) is 0.536. The maximum atomic E-state index is 12.5. The van der Waals surface area contributed by atoms with Crippen LogP contribution in [0, 0.1) is 5.41 Å². The molecular weight excluding hydrogens is 418 g/mol. The minimum atomic E-state index is -0.0153. The third-order valence-electron chi connectivity index (χ3n) is 7.62. The second-order valence-corrected chi connectivity index (χ2v) is 11.1. The fourth-order valence-corrected chi connectivity index (χ4v) is 4.96. The highest BCUT2D eigenvalue weighted by molar-refractivity contribution is 5.68. The number of carbonyl (C=O) groups is 1. The molecule has 0 N–H and O–H groups in total. The Labute approximate surface area is 215 Å². The first kappa shape index (κ1) is 33.4. The van der Waals surface area contributed by atoms with Crippen LogP contribution in [0.1, 0.15) is 176 Å². The molecule has 0 heterocycles. The Morgan fingerprint density at radius 1 is 0.588 bits per heavy atom. The number of unbranched alkanes of at least 4 members (excludes halogenated alkanes) is 14. The van der Waals surface area contributed by atoms with Crippen molar-refractivity contribution < 1.29 is 9.63 Å². The van der Waals surface area contributed by atoms with Crippen molar-refractivity contribution in [3.8, 4) is 0 Å². The summed E-state index contributed by atoms with van der Waals surface area (Å²) in [4.78, 5) is 18.3. The van der Waals surface area contributed by atoms with Crippen LogP contribution >= 0.6 is 0 Å². The minimum Gasteiger partial charge on any atom is -0.368 e. The topological polar surface area (TPSA) is 29.5 Å². The maximum absolute atomic E-state index is 12.5. The molecule has 0 amide bonds. The first-order valence-electron chi connectivity index (χ1n) is 15.5. The van der Waals surface area contributed by atoms with E-state index in [4.69, 9.17) is 4.84 Å². The average Bonchev–Trinajstić information content (AvgIpc) is 2.82. The minimum absolute atomic E-state index is 0.0153. The molecule has 204 valence electrons. The number of hydroxylamine groups is 2. The normalized spacial score (nSPS) is 13.4. The molecule has 3 heteroatoms. The summed E-state index contributed by atoms with van der Waals surface area (Å²) in [6, 6.07) is 0. The van der Waals surface area contributed by atoms with Crippen molar-refractivity contribution in [1.29, 1.82) is 0 Å². The molecule has 34 heavy (non-hydrogen) atoms. The lowest BCUT2D eigenvalue weighted by atomic mass is 9.78. The Morgan fingerprint density at radius 2 is 1.06 bits per heavy atom. The molecule has 0 spiro atoms. The summed E-state index contributed by atoms with van der Waals surface area (Å²) in [5, 5.41) is 1.99. The number of hydrogen-bond acceptors (Lipinski definition) is 3. The van der Waals surface area contributed by atoms with Crippen LogP contribution in [0.2, 0.25) is 0 Å². The summed E-state index contributed by atoms with van der Waals surface area (Å²) in [5.74, 6) is -0.0153. The molecule has 0 radical (unpaired) electrons. The van der Waals surface area contributed by atoms with E-state index in [1.165, 1.54) is 109 Å². The van der Waals surface area contributed by atoms with Crippen LogP contribution in [-0.2, 0) is 9.63 Å². The molecule has 0 aliphatic rings. The van der Waals surface area contributed by atoms with Crippen LogP contribution < -0.4 is 0 Å². The van der Waals surface area contributed by atoms with Gasteiger partial charge in [-0.1, -0.05) is 137 Å². The van der Waals surface area contributed by atoms with E-state index >= 15 is 0 Å². The number of carbonyl (C=O) groups excluding carboxylic acids is 1. The van der Waals surface area contributed by atoms with Crippen LogP contribution in [0.3, 0.4) is 0 Å². The van der Waals surface area contributed by atoms with Gasteiger partial charge in [0.25, 0.3) is 0 Å². The number of nitrogens with zero attached hydrogens (tertiary/aromatic N) is 1. The Bertz CT molecular complexity index is 423. The molecule has 0 aromatic carbocycles. The van der Waals surface area contributed by atoms with Gasteiger partial charge in [-0.2, -0.15) is 0 Å². The zero-order chi connectivity index (χ0) is 25.3. The molecule has 0 aromatic heterocycles. The Kier molecular flexibility index (Phi) is 23.7. The summed E-state index contributed by atoms with van der Waals surface area (Å²) < 4.78 is 0. The summed E-state index contributed by atoms with van der Waals surface area (Å²) >= 11 is 0. The second-order valence-electron chi connectivity index (χ2n) is 11.1. The monoisotopic (exact) mass is 481 g/mol. The zero-order valence-electron chi connectivity index (χ0n) is 24.2. The molecule has 0 rings (SSSR count). The third kappa shape index (κ3) is 20.8. The molecule has 3 nitrogen and oxygen atoms in total. The van der Waals surface area contributed by atoms with Crippen molar-refractivity contribution in [2.75, 3.05) is 13.1 Å². The van der Waals surface area contributed by atoms with Crippen molar-refractivity contribution in [1.82, 2.24) is 5.06 Å². The maximum Gasteiger partial charge on any atom is 0.325 e. The quantitative estimate of drug-likeness (QED) is 0.0908. The van der Waals surface area contributed by atoms with Crippen molar-refractivity contribution in [2.24, 2.45) is 5.41 Å². The Balaban J connectivity index is 4.08. The molecule has 0 aliphatic carbocycles. The predicted octanol–water partition coefficient (Wildman–Crippen LogP) is 10.4. The van der Waals surface area contributed by atoms with E-state index in [1.807, 2.05) is 5.06 Å². The lowest BCUT2D eigenvalue weighted by molar-refractivity contribution is -0.191. The molecule has 1 unspecified atom stereocenters. The van der Waals surface area contributed by atoms with Crippen LogP contribution in [-0.4, -0.2) is 24.1 Å². The van der Waals surface area contributed by atoms with Gasteiger partial charge in [-0.05, 0) is 37.5 Å².